The minimum Gasteiger partial charge on any atom is -0.339 e. The molecule has 5 rings (SSSR count). The van der Waals surface area contributed by atoms with E-state index in [1.54, 1.807) is 6.20 Å². The lowest BCUT2D eigenvalue weighted by atomic mass is 10.0. The number of carbonyl (C=O) groups is 1. The molecule has 0 aliphatic carbocycles. The maximum atomic E-state index is 12.8. The van der Waals surface area contributed by atoms with Gasteiger partial charge in [0.2, 0.25) is 0 Å². The van der Waals surface area contributed by atoms with Gasteiger partial charge in [-0.05, 0) is 55.8 Å². The zero-order valence-corrected chi connectivity index (χ0v) is 18.0. The highest BCUT2D eigenvalue weighted by molar-refractivity contribution is 6.07. The number of hydrogen-bond acceptors (Lipinski definition) is 4. The van der Waals surface area contributed by atoms with Gasteiger partial charge in [-0.25, -0.2) is 4.98 Å². The number of carbonyl (C=O) groups excluding carboxylic acids is 1. The van der Waals surface area contributed by atoms with E-state index in [0.29, 0.717) is 18.7 Å². The van der Waals surface area contributed by atoms with E-state index in [0.717, 1.165) is 44.3 Å². The number of nitrogens with zero attached hydrogens (tertiary/aromatic N) is 4. The summed E-state index contributed by atoms with van der Waals surface area (Å²) >= 11 is 0. The first kappa shape index (κ1) is 19.9. The number of amides is 1. The van der Waals surface area contributed by atoms with Crippen molar-refractivity contribution in [1.29, 1.82) is 0 Å². The van der Waals surface area contributed by atoms with Crippen molar-refractivity contribution in [2.75, 3.05) is 13.1 Å². The fourth-order valence-electron chi connectivity index (χ4n) is 4.03. The Hall–Kier alpha value is -4.06. The van der Waals surface area contributed by atoms with Gasteiger partial charge in [-0.1, -0.05) is 12.1 Å². The molecule has 0 radical (unpaired) electrons. The van der Waals surface area contributed by atoms with Crippen molar-refractivity contribution in [3.63, 3.8) is 0 Å². The highest BCUT2D eigenvalue weighted by Crippen LogP contribution is 2.31. The van der Waals surface area contributed by atoms with E-state index in [1.807, 2.05) is 73.7 Å². The molecule has 0 spiro atoms. The van der Waals surface area contributed by atoms with E-state index in [4.69, 9.17) is 0 Å². The van der Waals surface area contributed by atoms with Crippen LogP contribution in [0.5, 0.6) is 0 Å². The van der Waals surface area contributed by atoms with Gasteiger partial charge in [-0.2, -0.15) is 0 Å². The zero-order valence-electron chi connectivity index (χ0n) is 18.0. The van der Waals surface area contributed by atoms with E-state index in [2.05, 4.69) is 32.1 Å². The molecule has 6 heteroatoms. The first-order valence-electron chi connectivity index (χ1n) is 10.8. The van der Waals surface area contributed by atoms with Crippen LogP contribution in [-0.2, 0) is 0 Å². The van der Waals surface area contributed by atoms with E-state index in [-0.39, 0.29) is 5.91 Å². The fourth-order valence-corrected chi connectivity index (χ4v) is 4.03. The van der Waals surface area contributed by atoms with Gasteiger partial charge < -0.3 is 9.88 Å². The molecule has 0 saturated carbocycles. The molecule has 0 atom stereocenters. The van der Waals surface area contributed by atoms with Crippen LogP contribution in [-0.4, -0.2) is 43.8 Å². The van der Waals surface area contributed by atoms with Gasteiger partial charge in [-0.15, -0.1) is 0 Å². The number of H-pyrrole nitrogens is 1. The molecule has 158 valence electrons. The Morgan fingerprint density at radius 2 is 1.72 bits per heavy atom. The molecule has 4 heterocycles. The van der Waals surface area contributed by atoms with Gasteiger partial charge in [0, 0.05) is 59.1 Å². The summed E-state index contributed by atoms with van der Waals surface area (Å²) < 4.78 is 0. The minimum absolute atomic E-state index is 0.0465. The van der Waals surface area contributed by atoms with Gasteiger partial charge in [0.1, 0.15) is 5.65 Å². The Morgan fingerprint density at radius 1 is 0.875 bits per heavy atom. The van der Waals surface area contributed by atoms with E-state index in [9.17, 15) is 4.79 Å². The highest BCUT2D eigenvalue weighted by Gasteiger charge is 2.14. The molecular formula is C26H23N5O. The van der Waals surface area contributed by atoms with Crippen molar-refractivity contribution >= 4 is 27.8 Å². The molecule has 1 aromatic carbocycles. The molecule has 1 amide bonds. The summed E-state index contributed by atoms with van der Waals surface area (Å²) in [7, 11) is 0. The molecule has 5 aromatic rings. The number of pyridine rings is 3. The van der Waals surface area contributed by atoms with Crippen LogP contribution < -0.4 is 0 Å². The lowest BCUT2D eigenvalue weighted by molar-refractivity contribution is 0.0773. The predicted octanol–water partition coefficient (Wildman–Crippen LogP) is 5.32. The molecule has 4 aromatic heterocycles. The fraction of sp³-hybridized carbons (Fsp3) is 0.154. The van der Waals surface area contributed by atoms with Gasteiger partial charge in [-0.3, -0.25) is 14.8 Å². The molecule has 0 saturated heterocycles. The maximum Gasteiger partial charge on any atom is 0.253 e. The second-order valence-electron chi connectivity index (χ2n) is 7.66. The number of fused-ring (bicyclic) bond motifs is 3. The number of nitrogens with one attached hydrogen (secondary N) is 1. The predicted molar refractivity (Wildman–Crippen MR) is 127 cm³/mol. The van der Waals surface area contributed by atoms with E-state index >= 15 is 0 Å². The van der Waals surface area contributed by atoms with Gasteiger partial charge >= 0.3 is 0 Å². The number of rotatable bonds is 5. The number of hydrogen-bond donors (Lipinski definition) is 1. The zero-order chi connectivity index (χ0) is 22.1. The Balaban J connectivity index is 1.59. The summed E-state index contributed by atoms with van der Waals surface area (Å²) in [6, 6.07) is 15.8. The third-order valence-electron chi connectivity index (χ3n) is 5.79. The maximum absolute atomic E-state index is 12.8. The summed E-state index contributed by atoms with van der Waals surface area (Å²) in [6.07, 6.45) is 7.24. The van der Waals surface area contributed by atoms with Crippen LogP contribution in [0.25, 0.3) is 44.3 Å². The first-order valence-corrected chi connectivity index (χ1v) is 10.8. The SMILES string of the molecule is CCN(CC)C(=O)c1cccc(-c2cnc3[nH]c4cnc(-c5cccnc5)cc4c3c2)c1. The molecule has 0 aliphatic rings. The van der Waals surface area contributed by atoms with Gasteiger partial charge in [0.05, 0.1) is 17.4 Å². The van der Waals surface area contributed by atoms with Crippen LogP contribution in [0.4, 0.5) is 0 Å². The summed E-state index contributed by atoms with van der Waals surface area (Å²) in [5, 5.41) is 2.07. The largest absolute Gasteiger partial charge is 0.339 e. The lowest BCUT2D eigenvalue weighted by Crippen LogP contribution is -2.30. The second kappa shape index (κ2) is 8.23. The topological polar surface area (TPSA) is 74.8 Å². The van der Waals surface area contributed by atoms with Crippen LogP contribution in [0.1, 0.15) is 24.2 Å². The third kappa shape index (κ3) is 3.50. The summed E-state index contributed by atoms with van der Waals surface area (Å²) in [4.78, 5) is 31.4. The van der Waals surface area contributed by atoms with Crippen LogP contribution in [0, 0.1) is 0 Å². The Morgan fingerprint density at radius 3 is 2.50 bits per heavy atom. The van der Waals surface area contributed by atoms with Gasteiger partial charge in [0.15, 0.2) is 0 Å². The lowest BCUT2D eigenvalue weighted by Gasteiger charge is -2.18. The molecule has 1 N–H and O–H groups in total. The Kier molecular flexibility index (Phi) is 5.11. The standard InChI is InChI=1S/C26H23N5O/c1-3-31(4-2)26(32)18-8-5-7-17(11-18)20-12-22-21-13-23(19-9-6-10-27-14-19)28-16-24(21)30-25(22)29-15-20/h5-16H,3-4H2,1-2H3,(H,29,30). The molecule has 0 unspecified atom stereocenters. The summed E-state index contributed by atoms with van der Waals surface area (Å²) in [6.45, 7) is 5.37. The van der Waals surface area contributed by atoms with Crippen LogP contribution >= 0.6 is 0 Å². The second-order valence-corrected chi connectivity index (χ2v) is 7.66. The number of aromatic amines is 1. The van der Waals surface area contributed by atoms with Crippen molar-refractivity contribution in [1.82, 2.24) is 24.8 Å². The number of aromatic nitrogens is 4. The van der Waals surface area contributed by atoms with Crippen molar-refractivity contribution in [2.45, 2.75) is 13.8 Å². The molecule has 0 fully saturated rings. The third-order valence-corrected chi connectivity index (χ3v) is 5.79. The monoisotopic (exact) mass is 421 g/mol. The Bertz CT molecular complexity index is 1420. The van der Waals surface area contributed by atoms with Crippen molar-refractivity contribution in [3.8, 4) is 22.4 Å². The number of benzene rings is 1. The molecule has 0 aliphatic heterocycles. The van der Waals surface area contributed by atoms with Crippen LogP contribution in [0.2, 0.25) is 0 Å². The highest BCUT2D eigenvalue weighted by atomic mass is 16.2. The summed E-state index contributed by atoms with van der Waals surface area (Å²) in [5.41, 5.74) is 6.19. The Labute approximate surface area is 186 Å². The average molecular weight is 422 g/mol. The summed E-state index contributed by atoms with van der Waals surface area (Å²) in [5.74, 6) is 0.0465. The van der Waals surface area contributed by atoms with Crippen molar-refractivity contribution in [3.05, 3.63) is 78.9 Å². The molecular weight excluding hydrogens is 398 g/mol. The van der Waals surface area contributed by atoms with E-state index < -0.39 is 0 Å². The van der Waals surface area contributed by atoms with E-state index in [1.165, 1.54) is 0 Å². The van der Waals surface area contributed by atoms with Crippen molar-refractivity contribution < 1.29 is 4.79 Å². The smallest absolute Gasteiger partial charge is 0.253 e. The minimum atomic E-state index is 0.0465. The quantitative estimate of drug-likeness (QED) is 0.417. The van der Waals surface area contributed by atoms with Gasteiger partial charge in [0.25, 0.3) is 5.91 Å². The first-order chi connectivity index (χ1) is 15.7. The van der Waals surface area contributed by atoms with Crippen LogP contribution in [0.15, 0.2) is 73.3 Å². The molecule has 0 bridgehead atoms. The molecule has 32 heavy (non-hydrogen) atoms. The van der Waals surface area contributed by atoms with Crippen molar-refractivity contribution in [2.24, 2.45) is 0 Å². The van der Waals surface area contributed by atoms with Crippen LogP contribution in [0.3, 0.4) is 0 Å². The normalized spacial score (nSPS) is 11.2. The molecule has 6 nitrogen and oxygen atoms in total. The average Bonchev–Trinajstić information content (AvgIpc) is 3.22.